The van der Waals surface area contributed by atoms with E-state index in [1.807, 2.05) is 0 Å². The fourth-order valence-electron chi connectivity index (χ4n) is 3.72. The summed E-state index contributed by atoms with van der Waals surface area (Å²) in [7, 11) is 0. The molecule has 0 aliphatic heterocycles. The van der Waals surface area contributed by atoms with Crippen molar-refractivity contribution in [2.75, 3.05) is 10.6 Å². The largest absolute Gasteiger partial charge is 0.418 e. The zero-order valence-electron chi connectivity index (χ0n) is 16.0. The Balaban J connectivity index is 1.78. The predicted molar refractivity (Wildman–Crippen MR) is 109 cm³/mol. The molecule has 158 valence electrons. The standard InChI is InChI=1S/C20H21F3N6O/c21-20(22,23)11-5-1-3-7-13(11)26-17-16-15(9-10-25-18(16)30)28-19(29-17)27-14-8-4-2-6-12(14)24/h1,3,5,7,9-10,12,14H,2,4,6,8,24H2,(H,25,30)(H2,26,27,28,29)/t12-,14?/m0/s1. The highest BCUT2D eigenvalue weighted by molar-refractivity contribution is 5.91. The maximum Gasteiger partial charge on any atom is 0.418 e. The molecule has 1 aliphatic rings. The number of alkyl halides is 3. The molecule has 0 bridgehead atoms. The third-order valence-electron chi connectivity index (χ3n) is 5.24. The molecule has 2 aromatic heterocycles. The second-order valence-electron chi connectivity index (χ2n) is 7.33. The van der Waals surface area contributed by atoms with E-state index in [4.69, 9.17) is 5.73 Å². The van der Waals surface area contributed by atoms with Crippen molar-refractivity contribution in [3.63, 3.8) is 0 Å². The Morgan fingerprint density at radius 3 is 2.63 bits per heavy atom. The summed E-state index contributed by atoms with van der Waals surface area (Å²) in [5.74, 6) is 0.202. The summed E-state index contributed by atoms with van der Waals surface area (Å²) in [5.41, 5.74) is 4.94. The second-order valence-corrected chi connectivity index (χ2v) is 7.33. The van der Waals surface area contributed by atoms with Crippen LogP contribution in [0, 0.1) is 0 Å². The van der Waals surface area contributed by atoms with Gasteiger partial charge in [0.25, 0.3) is 5.56 Å². The molecule has 5 N–H and O–H groups in total. The van der Waals surface area contributed by atoms with Gasteiger partial charge in [0.05, 0.1) is 16.8 Å². The van der Waals surface area contributed by atoms with Gasteiger partial charge in [0.15, 0.2) is 0 Å². The van der Waals surface area contributed by atoms with Gasteiger partial charge < -0.3 is 21.4 Å². The van der Waals surface area contributed by atoms with Crippen molar-refractivity contribution in [2.24, 2.45) is 5.73 Å². The number of nitrogens with zero attached hydrogens (tertiary/aromatic N) is 2. The van der Waals surface area contributed by atoms with Crippen LogP contribution in [0.5, 0.6) is 0 Å². The molecule has 3 aromatic rings. The average Bonchev–Trinajstić information content (AvgIpc) is 2.69. The summed E-state index contributed by atoms with van der Waals surface area (Å²) in [6.07, 6.45) is 0.652. The summed E-state index contributed by atoms with van der Waals surface area (Å²) < 4.78 is 40.2. The Morgan fingerprint density at radius 1 is 1.10 bits per heavy atom. The van der Waals surface area contributed by atoms with Crippen LogP contribution in [-0.2, 0) is 6.18 Å². The van der Waals surface area contributed by atoms with Crippen LogP contribution in [0.4, 0.5) is 30.6 Å². The quantitative estimate of drug-likeness (QED) is 0.514. The van der Waals surface area contributed by atoms with E-state index < -0.39 is 17.3 Å². The van der Waals surface area contributed by atoms with E-state index in [2.05, 4.69) is 25.6 Å². The van der Waals surface area contributed by atoms with Gasteiger partial charge in [-0.1, -0.05) is 25.0 Å². The molecule has 1 aromatic carbocycles. The number of para-hydroxylation sites is 1. The van der Waals surface area contributed by atoms with Crippen molar-refractivity contribution >= 4 is 28.4 Å². The van der Waals surface area contributed by atoms with Crippen LogP contribution in [0.3, 0.4) is 0 Å². The highest BCUT2D eigenvalue weighted by atomic mass is 19.4. The number of nitrogens with one attached hydrogen (secondary N) is 3. The van der Waals surface area contributed by atoms with E-state index in [1.165, 1.54) is 24.4 Å². The van der Waals surface area contributed by atoms with Crippen molar-refractivity contribution in [1.82, 2.24) is 15.0 Å². The molecule has 4 rings (SSSR count). The van der Waals surface area contributed by atoms with E-state index in [0.717, 1.165) is 31.7 Å². The minimum atomic E-state index is -4.56. The molecule has 0 spiro atoms. The number of aromatic nitrogens is 3. The molecule has 7 nitrogen and oxygen atoms in total. The molecular weight excluding hydrogens is 397 g/mol. The Morgan fingerprint density at radius 2 is 1.87 bits per heavy atom. The topological polar surface area (TPSA) is 109 Å². The zero-order valence-corrected chi connectivity index (χ0v) is 16.0. The van der Waals surface area contributed by atoms with Gasteiger partial charge in [-0.2, -0.15) is 18.2 Å². The SMILES string of the molecule is N[C@H]1CCCCC1Nc1nc(Nc2ccccc2C(F)(F)F)c2c(=O)[nH]ccc2n1. The van der Waals surface area contributed by atoms with Crippen LogP contribution in [0.25, 0.3) is 10.9 Å². The zero-order chi connectivity index (χ0) is 21.3. The van der Waals surface area contributed by atoms with Crippen LogP contribution in [0.15, 0.2) is 41.3 Å². The van der Waals surface area contributed by atoms with Crippen LogP contribution >= 0.6 is 0 Å². The molecule has 1 unspecified atom stereocenters. The van der Waals surface area contributed by atoms with Gasteiger partial charge in [-0.15, -0.1) is 0 Å². The highest BCUT2D eigenvalue weighted by Gasteiger charge is 2.33. The molecule has 1 aliphatic carbocycles. The van der Waals surface area contributed by atoms with E-state index in [9.17, 15) is 18.0 Å². The lowest BCUT2D eigenvalue weighted by atomic mass is 9.91. The lowest BCUT2D eigenvalue weighted by molar-refractivity contribution is -0.136. The second kappa shape index (κ2) is 7.94. The Bertz CT molecular complexity index is 1110. The summed E-state index contributed by atoms with van der Waals surface area (Å²) >= 11 is 0. The molecule has 0 saturated heterocycles. The van der Waals surface area contributed by atoms with Crippen molar-refractivity contribution in [3.8, 4) is 0 Å². The number of fused-ring (bicyclic) bond motifs is 1. The van der Waals surface area contributed by atoms with Gasteiger partial charge in [0, 0.05) is 18.3 Å². The van der Waals surface area contributed by atoms with E-state index in [-0.39, 0.29) is 34.9 Å². The normalized spacial score (nSPS) is 19.6. The van der Waals surface area contributed by atoms with Gasteiger partial charge in [0.2, 0.25) is 5.95 Å². The fraction of sp³-hybridized carbons (Fsp3) is 0.350. The number of nitrogens with two attached hydrogens (primary N) is 1. The van der Waals surface area contributed by atoms with E-state index >= 15 is 0 Å². The first-order chi connectivity index (χ1) is 14.3. The van der Waals surface area contributed by atoms with E-state index in [0.29, 0.717) is 5.52 Å². The summed E-state index contributed by atoms with van der Waals surface area (Å²) in [5, 5.41) is 5.96. The molecule has 1 saturated carbocycles. The summed E-state index contributed by atoms with van der Waals surface area (Å²) in [4.78, 5) is 23.6. The highest BCUT2D eigenvalue weighted by Crippen LogP contribution is 2.36. The molecule has 2 atom stereocenters. The molecule has 2 heterocycles. The first kappa shape index (κ1) is 20.1. The number of hydrogen-bond acceptors (Lipinski definition) is 6. The molecule has 0 amide bonds. The number of benzene rings is 1. The van der Waals surface area contributed by atoms with Crippen molar-refractivity contribution < 1.29 is 13.2 Å². The van der Waals surface area contributed by atoms with Gasteiger partial charge in [-0.25, -0.2) is 4.98 Å². The lowest BCUT2D eigenvalue weighted by Gasteiger charge is -2.29. The van der Waals surface area contributed by atoms with Crippen molar-refractivity contribution in [1.29, 1.82) is 0 Å². The Hall–Kier alpha value is -3.14. The fourth-order valence-corrected chi connectivity index (χ4v) is 3.72. The number of anilines is 3. The van der Waals surface area contributed by atoms with Crippen LogP contribution in [0.1, 0.15) is 31.2 Å². The lowest BCUT2D eigenvalue weighted by Crippen LogP contribution is -2.43. The van der Waals surface area contributed by atoms with Gasteiger partial charge in [-0.05, 0) is 31.0 Å². The molecular formula is C20H21F3N6O. The average molecular weight is 418 g/mol. The maximum atomic E-state index is 13.4. The number of halogens is 3. The minimum Gasteiger partial charge on any atom is -0.350 e. The Labute approximate surface area is 169 Å². The first-order valence-electron chi connectivity index (χ1n) is 9.68. The smallest absolute Gasteiger partial charge is 0.350 e. The van der Waals surface area contributed by atoms with Crippen molar-refractivity contribution in [2.45, 2.75) is 43.9 Å². The van der Waals surface area contributed by atoms with Gasteiger partial charge >= 0.3 is 6.18 Å². The molecule has 0 radical (unpaired) electrons. The molecule has 30 heavy (non-hydrogen) atoms. The number of H-pyrrole nitrogens is 1. The maximum absolute atomic E-state index is 13.4. The number of aromatic amines is 1. The third-order valence-corrected chi connectivity index (χ3v) is 5.24. The third kappa shape index (κ3) is 4.09. The predicted octanol–water partition coefficient (Wildman–Crippen LogP) is 3.76. The number of pyridine rings is 1. The van der Waals surface area contributed by atoms with Crippen LogP contribution in [-0.4, -0.2) is 27.0 Å². The monoisotopic (exact) mass is 418 g/mol. The molecule has 1 fully saturated rings. The van der Waals surface area contributed by atoms with Crippen LogP contribution in [0.2, 0.25) is 0 Å². The van der Waals surface area contributed by atoms with Crippen LogP contribution < -0.4 is 21.9 Å². The molecule has 10 heteroatoms. The van der Waals surface area contributed by atoms with Gasteiger partial charge in [0.1, 0.15) is 11.2 Å². The van der Waals surface area contributed by atoms with E-state index in [1.54, 1.807) is 6.07 Å². The Kier molecular flexibility index (Phi) is 5.33. The number of hydrogen-bond donors (Lipinski definition) is 4. The summed E-state index contributed by atoms with van der Waals surface area (Å²) in [6.45, 7) is 0. The minimum absolute atomic E-state index is 0.00886. The summed E-state index contributed by atoms with van der Waals surface area (Å²) in [6, 6.07) is 6.49. The number of rotatable bonds is 4. The van der Waals surface area contributed by atoms with Crippen molar-refractivity contribution in [3.05, 3.63) is 52.4 Å². The van der Waals surface area contributed by atoms with Gasteiger partial charge in [-0.3, -0.25) is 4.79 Å². The first-order valence-corrected chi connectivity index (χ1v) is 9.68.